The number of aryl methyl sites for hydroxylation is 1. The summed E-state index contributed by atoms with van der Waals surface area (Å²) in [6.07, 6.45) is 4.91. The van der Waals surface area contributed by atoms with E-state index in [1.807, 2.05) is 27.7 Å². The van der Waals surface area contributed by atoms with Gasteiger partial charge in [-0.05, 0) is 83.2 Å². The van der Waals surface area contributed by atoms with Crippen LogP contribution in [0.3, 0.4) is 0 Å². The first-order chi connectivity index (χ1) is 23.4. The third kappa shape index (κ3) is 7.49. The van der Waals surface area contributed by atoms with E-state index in [2.05, 4.69) is 111 Å². The number of aliphatic hydroxyl groups excluding tert-OH is 1. The molecule has 3 aromatic carbocycles. The Labute approximate surface area is 319 Å². The second kappa shape index (κ2) is 15.0. The summed E-state index contributed by atoms with van der Waals surface area (Å²) in [4.78, 5) is 17.0. The Bertz CT molecular complexity index is 2090. The molecule has 5 heteroatoms. The van der Waals surface area contributed by atoms with E-state index in [0.29, 0.717) is 0 Å². The number of allylic oxidation sites excluding steroid dienone is 2. The smallest absolute Gasteiger partial charge is 0.162 e. The number of hydrogen-bond acceptors (Lipinski definition) is 4. The van der Waals surface area contributed by atoms with Gasteiger partial charge in [0.1, 0.15) is 5.58 Å². The van der Waals surface area contributed by atoms with Gasteiger partial charge in [-0.2, -0.15) is 0 Å². The van der Waals surface area contributed by atoms with Crippen LogP contribution in [0.1, 0.15) is 137 Å². The Hall–Kier alpha value is -3.27. The Balaban J connectivity index is 0.000000312. The molecule has 275 valence electrons. The molecule has 0 saturated heterocycles. The van der Waals surface area contributed by atoms with Crippen LogP contribution in [0.2, 0.25) is 0 Å². The van der Waals surface area contributed by atoms with E-state index in [0.717, 1.165) is 53.6 Å². The molecule has 0 saturated carbocycles. The predicted octanol–water partition coefficient (Wildman–Crippen LogP) is 13.0. The fourth-order valence-corrected chi connectivity index (χ4v) is 7.66. The quantitative estimate of drug-likeness (QED) is 0.101. The largest absolute Gasteiger partial charge is 0.512 e. The summed E-state index contributed by atoms with van der Waals surface area (Å²) in [5, 5.41) is 13.3. The zero-order valence-corrected chi connectivity index (χ0v) is 35.5. The molecule has 0 atom stereocenters. The number of carbonyl (C=O) groups excluding carboxylic acids is 1. The molecule has 2 aromatic heterocycles. The SMILES string of the molecule is CCC(CC)C(=O)/C=C(\O)C(CC)CC.Cc1ccc2nc3c(cc2c1)C(C)(C)c1ccc(C(C)(C)C)c2oc4c(C(C)(C)C)c[c-]c-3c4c12.[Ir]. The zero-order chi connectivity index (χ0) is 36.9. The van der Waals surface area contributed by atoms with Crippen molar-refractivity contribution < 1.29 is 34.4 Å². The van der Waals surface area contributed by atoms with Gasteiger partial charge in [0.15, 0.2) is 5.78 Å². The van der Waals surface area contributed by atoms with E-state index in [1.54, 1.807) is 0 Å². The third-order valence-electron chi connectivity index (χ3n) is 10.9. The molecule has 2 heterocycles. The predicted molar refractivity (Wildman–Crippen MR) is 211 cm³/mol. The maximum absolute atomic E-state index is 11.7. The van der Waals surface area contributed by atoms with E-state index in [9.17, 15) is 9.90 Å². The van der Waals surface area contributed by atoms with Gasteiger partial charge in [0, 0.05) is 43.4 Å². The number of hydrogen-bond donors (Lipinski definition) is 1. The van der Waals surface area contributed by atoms with Gasteiger partial charge in [-0.25, -0.2) is 0 Å². The van der Waals surface area contributed by atoms with Gasteiger partial charge in [-0.1, -0.05) is 129 Å². The van der Waals surface area contributed by atoms with Gasteiger partial charge in [0.25, 0.3) is 0 Å². The van der Waals surface area contributed by atoms with Gasteiger partial charge in [-0.15, -0.1) is 17.7 Å². The first-order valence-electron chi connectivity index (χ1n) is 18.7. The molecule has 0 aliphatic heterocycles. The summed E-state index contributed by atoms with van der Waals surface area (Å²) in [6, 6.07) is 19.3. The van der Waals surface area contributed by atoms with Crippen LogP contribution in [0.4, 0.5) is 0 Å². The molecule has 0 unspecified atom stereocenters. The monoisotopic (exact) mass is 865 g/mol. The number of pyridine rings is 1. The van der Waals surface area contributed by atoms with Gasteiger partial charge in [0.2, 0.25) is 0 Å². The van der Waals surface area contributed by atoms with Gasteiger partial charge < -0.3 is 9.52 Å². The minimum atomic E-state index is -0.250. The molecule has 6 rings (SSSR count). The molecule has 51 heavy (non-hydrogen) atoms. The van der Waals surface area contributed by atoms with Crippen LogP contribution in [0.25, 0.3) is 44.1 Å². The van der Waals surface area contributed by atoms with E-state index in [1.165, 1.54) is 50.1 Å². The van der Waals surface area contributed by atoms with Crippen molar-refractivity contribution in [1.29, 1.82) is 0 Å². The Morgan fingerprint density at radius 2 is 1.43 bits per heavy atom. The van der Waals surface area contributed by atoms with Gasteiger partial charge in [-0.3, -0.25) is 9.78 Å². The van der Waals surface area contributed by atoms with Crippen molar-refractivity contribution in [2.45, 2.75) is 132 Å². The molecule has 0 fully saturated rings. The number of benzene rings is 3. The molecule has 0 amide bonds. The van der Waals surface area contributed by atoms with Crippen LogP contribution in [-0.2, 0) is 41.1 Å². The number of carbonyl (C=O) groups is 1. The van der Waals surface area contributed by atoms with Crippen LogP contribution >= 0.6 is 0 Å². The van der Waals surface area contributed by atoms with Crippen molar-refractivity contribution in [3.8, 4) is 11.3 Å². The summed E-state index contributed by atoms with van der Waals surface area (Å²) < 4.78 is 6.89. The molecule has 5 aromatic rings. The number of aromatic nitrogens is 1. The second-order valence-electron chi connectivity index (χ2n) is 17.0. The average Bonchev–Trinajstić information content (AvgIpc) is 3.40. The fourth-order valence-electron chi connectivity index (χ4n) is 7.66. The van der Waals surface area contributed by atoms with E-state index < -0.39 is 0 Å². The van der Waals surface area contributed by atoms with E-state index in [4.69, 9.17) is 9.40 Å². The van der Waals surface area contributed by atoms with Crippen molar-refractivity contribution in [3.63, 3.8) is 0 Å². The molecular formula is C46H58IrNO3-. The maximum atomic E-state index is 11.7. The van der Waals surface area contributed by atoms with Crippen LogP contribution < -0.4 is 0 Å². The molecule has 1 radical (unpaired) electrons. The second-order valence-corrected chi connectivity index (χ2v) is 17.0. The van der Waals surface area contributed by atoms with Crippen LogP contribution in [0.5, 0.6) is 0 Å². The summed E-state index contributed by atoms with van der Waals surface area (Å²) in [7, 11) is 0. The van der Waals surface area contributed by atoms with Crippen molar-refractivity contribution in [2.24, 2.45) is 11.8 Å². The summed E-state index contributed by atoms with van der Waals surface area (Å²) in [6.45, 7) is 28.4. The number of furan rings is 1. The number of nitrogens with zero attached hydrogens (tertiary/aromatic N) is 1. The normalized spacial score (nSPS) is 14.1. The number of fused-ring (bicyclic) bond motifs is 3. The summed E-state index contributed by atoms with van der Waals surface area (Å²) >= 11 is 0. The summed E-state index contributed by atoms with van der Waals surface area (Å²) in [5.74, 6) is 0.547. The maximum Gasteiger partial charge on any atom is 0.162 e. The van der Waals surface area contributed by atoms with E-state index in [-0.39, 0.29) is 59.7 Å². The Kier molecular flexibility index (Phi) is 11.9. The Morgan fingerprint density at radius 3 is 2.00 bits per heavy atom. The number of rotatable bonds is 7. The zero-order valence-electron chi connectivity index (χ0n) is 33.1. The minimum Gasteiger partial charge on any atom is -0.512 e. The van der Waals surface area contributed by atoms with Crippen molar-refractivity contribution >= 4 is 38.6 Å². The number of aliphatic hydroxyl groups is 1. The molecule has 0 bridgehead atoms. The van der Waals surface area contributed by atoms with Gasteiger partial charge in [0.05, 0.1) is 16.9 Å². The van der Waals surface area contributed by atoms with Crippen LogP contribution in [0.15, 0.2) is 58.7 Å². The van der Waals surface area contributed by atoms with Crippen LogP contribution in [0, 0.1) is 24.8 Å². The topological polar surface area (TPSA) is 63.3 Å². The molecule has 0 spiro atoms. The van der Waals surface area contributed by atoms with Crippen molar-refractivity contribution in [1.82, 2.24) is 4.98 Å². The molecule has 1 aliphatic rings. The standard InChI is InChI=1S/C33H34NO.C13H24O2.Ir/c1-18-10-15-25-19(16-18)17-24-28(34-25)20-11-12-22(31(2,3)4)29-26(20)27-21(33(24,8)9)13-14-23(30(27)35-29)32(5,6)7;1-5-10(6-2)12(14)9-13(15)11(7-3)8-4;/h10,12-17H,1-9H3;9-11,14H,5-8H2,1-4H3;/q-1;;/b;12-9-;. The minimum absolute atomic E-state index is 0. The fraction of sp³-hybridized carbons (Fsp3) is 0.478. The van der Waals surface area contributed by atoms with Crippen molar-refractivity contribution in [2.75, 3.05) is 0 Å². The third-order valence-corrected chi connectivity index (χ3v) is 10.9. The molecular weight excluding hydrogens is 807 g/mol. The first-order valence-corrected chi connectivity index (χ1v) is 18.7. The molecule has 1 aliphatic carbocycles. The molecule has 1 N–H and O–H groups in total. The first kappa shape index (κ1) is 40.5. The Morgan fingerprint density at radius 1 is 0.843 bits per heavy atom. The number of ketones is 1. The van der Waals surface area contributed by atoms with Crippen LogP contribution in [-0.4, -0.2) is 15.9 Å². The van der Waals surface area contributed by atoms with E-state index >= 15 is 0 Å². The van der Waals surface area contributed by atoms with Crippen molar-refractivity contribution in [3.05, 3.63) is 88.2 Å². The summed E-state index contributed by atoms with van der Waals surface area (Å²) in [5.41, 5.74) is 11.0. The molecule has 4 nitrogen and oxygen atoms in total. The van der Waals surface area contributed by atoms with Gasteiger partial charge >= 0.3 is 0 Å². The average molecular weight is 865 g/mol.